The van der Waals surface area contributed by atoms with Gasteiger partial charge in [-0.2, -0.15) is 0 Å². The van der Waals surface area contributed by atoms with Crippen molar-refractivity contribution in [1.82, 2.24) is 10.3 Å². The second-order valence-corrected chi connectivity index (χ2v) is 7.71. The molecule has 0 spiro atoms. The van der Waals surface area contributed by atoms with E-state index in [0.29, 0.717) is 6.42 Å². The minimum Gasteiger partial charge on any atom is -0.461 e. The first-order valence-corrected chi connectivity index (χ1v) is 10.8. The van der Waals surface area contributed by atoms with Crippen LogP contribution in [0.5, 0.6) is 0 Å². The van der Waals surface area contributed by atoms with E-state index in [1.165, 1.54) is 0 Å². The smallest absolute Gasteiger partial charge is 0.408 e. The Morgan fingerprint density at radius 2 is 1.81 bits per heavy atom. The highest BCUT2D eigenvalue weighted by atomic mass is 16.6. The Hall–Kier alpha value is -3.28. The maximum absolute atomic E-state index is 12.9. The molecule has 2 aromatic carbocycles. The van der Waals surface area contributed by atoms with Crippen molar-refractivity contribution in [3.8, 4) is 0 Å². The number of hydrogen-bond acceptors (Lipinski definition) is 4. The minimum absolute atomic E-state index is 0.133. The number of H-pyrrole nitrogens is 1. The number of benzene rings is 2. The summed E-state index contributed by atoms with van der Waals surface area (Å²) >= 11 is 0. The number of aromatic nitrogens is 1. The molecule has 0 fully saturated rings. The summed E-state index contributed by atoms with van der Waals surface area (Å²) in [4.78, 5) is 28.5. The lowest BCUT2D eigenvalue weighted by atomic mass is 10.0. The molecular weight excluding hydrogens is 392 g/mol. The number of fused-ring (bicyclic) bond motifs is 1. The van der Waals surface area contributed by atoms with Crippen LogP contribution in [0.4, 0.5) is 4.79 Å². The van der Waals surface area contributed by atoms with Gasteiger partial charge < -0.3 is 19.8 Å². The summed E-state index contributed by atoms with van der Waals surface area (Å²) in [5.41, 5.74) is 2.79. The zero-order valence-electron chi connectivity index (χ0n) is 18.1. The van der Waals surface area contributed by atoms with E-state index in [-0.39, 0.29) is 12.7 Å². The van der Waals surface area contributed by atoms with Crippen molar-refractivity contribution in [3.05, 3.63) is 71.9 Å². The lowest BCUT2D eigenvalue weighted by Crippen LogP contribution is -2.44. The Morgan fingerprint density at radius 1 is 1.06 bits per heavy atom. The first-order valence-electron chi connectivity index (χ1n) is 10.8. The fraction of sp³-hybridized carbons (Fsp3) is 0.360. The zero-order chi connectivity index (χ0) is 22.1. The SMILES string of the molecule is CCCC[C@H](C)OC(=O)[C@H](Cc1c[nH]c2ccccc12)NC(=O)OCc1ccccc1. The van der Waals surface area contributed by atoms with Crippen LogP contribution in [0.2, 0.25) is 0 Å². The predicted octanol–water partition coefficient (Wildman–Crippen LogP) is 5.13. The third-order valence-corrected chi connectivity index (χ3v) is 5.17. The molecule has 0 aliphatic heterocycles. The van der Waals surface area contributed by atoms with Crippen molar-refractivity contribution in [2.75, 3.05) is 0 Å². The molecule has 6 heteroatoms. The molecule has 1 amide bonds. The number of carbonyl (C=O) groups is 2. The van der Waals surface area contributed by atoms with E-state index in [0.717, 1.165) is 41.3 Å². The van der Waals surface area contributed by atoms with Gasteiger partial charge in [0.1, 0.15) is 12.6 Å². The summed E-state index contributed by atoms with van der Waals surface area (Å²) in [6.07, 6.45) is 4.12. The van der Waals surface area contributed by atoms with Gasteiger partial charge in [0.05, 0.1) is 6.10 Å². The van der Waals surface area contributed by atoms with Crippen molar-refractivity contribution in [2.45, 2.75) is 58.3 Å². The number of nitrogens with one attached hydrogen (secondary N) is 2. The molecule has 0 saturated carbocycles. The fourth-order valence-corrected chi connectivity index (χ4v) is 3.45. The van der Waals surface area contributed by atoms with Crippen molar-refractivity contribution in [2.24, 2.45) is 0 Å². The highest BCUT2D eigenvalue weighted by Crippen LogP contribution is 2.20. The van der Waals surface area contributed by atoms with Gasteiger partial charge in [-0.1, -0.05) is 68.3 Å². The summed E-state index contributed by atoms with van der Waals surface area (Å²) < 4.78 is 10.9. The predicted molar refractivity (Wildman–Crippen MR) is 121 cm³/mol. The Balaban J connectivity index is 1.68. The average molecular weight is 423 g/mol. The van der Waals surface area contributed by atoms with Gasteiger partial charge in [-0.25, -0.2) is 9.59 Å². The Labute approximate surface area is 182 Å². The molecule has 2 atom stereocenters. The second-order valence-electron chi connectivity index (χ2n) is 7.71. The van der Waals surface area contributed by atoms with E-state index < -0.39 is 18.1 Å². The maximum Gasteiger partial charge on any atom is 0.408 e. The molecule has 31 heavy (non-hydrogen) atoms. The lowest BCUT2D eigenvalue weighted by molar-refractivity contribution is -0.151. The number of hydrogen-bond donors (Lipinski definition) is 2. The van der Waals surface area contributed by atoms with E-state index in [1.807, 2.05) is 67.7 Å². The minimum atomic E-state index is -0.841. The number of para-hydroxylation sites is 1. The van der Waals surface area contributed by atoms with Crippen molar-refractivity contribution < 1.29 is 19.1 Å². The van der Waals surface area contributed by atoms with Crippen LogP contribution in [-0.2, 0) is 27.3 Å². The van der Waals surface area contributed by atoms with Crippen molar-refractivity contribution >= 4 is 23.0 Å². The van der Waals surface area contributed by atoms with E-state index in [9.17, 15) is 9.59 Å². The van der Waals surface area contributed by atoms with Gasteiger partial charge in [0.15, 0.2) is 0 Å². The number of alkyl carbamates (subject to hydrolysis) is 1. The van der Waals surface area contributed by atoms with Crippen molar-refractivity contribution in [1.29, 1.82) is 0 Å². The van der Waals surface area contributed by atoms with Crippen LogP contribution in [-0.4, -0.2) is 29.2 Å². The fourth-order valence-electron chi connectivity index (χ4n) is 3.45. The van der Waals surface area contributed by atoms with Gasteiger partial charge >= 0.3 is 12.1 Å². The zero-order valence-corrected chi connectivity index (χ0v) is 18.1. The first-order chi connectivity index (χ1) is 15.1. The maximum atomic E-state index is 12.9. The van der Waals surface area contributed by atoms with E-state index >= 15 is 0 Å². The monoisotopic (exact) mass is 422 g/mol. The van der Waals surface area contributed by atoms with Crippen LogP contribution in [0.15, 0.2) is 60.8 Å². The number of esters is 1. The Bertz CT molecular complexity index is 983. The van der Waals surface area contributed by atoms with Gasteiger partial charge in [-0.05, 0) is 30.5 Å². The largest absolute Gasteiger partial charge is 0.461 e. The summed E-state index contributed by atoms with van der Waals surface area (Å²) in [6.45, 7) is 4.11. The van der Waals surface area contributed by atoms with E-state index in [2.05, 4.69) is 17.2 Å². The molecule has 3 rings (SSSR count). The Kier molecular flexibility index (Phi) is 8.10. The molecule has 2 N–H and O–H groups in total. The molecule has 0 bridgehead atoms. The summed E-state index contributed by atoms with van der Waals surface area (Å²) in [5.74, 6) is -0.453. The number of aromatic amines is 1. The molecule has 1 heterocycles. The molecule has 0 radical (unpaired) electrons. The van der Waals surface area contributed by atoms with Crippen molar-refractivity contribution in [3.63, 3.8) is 0 Å². The van der Waals surface area contributed by atoms with Crippen LogP contribution in [0.1, 0.15) is 44.2 Å². The molecule has 0 unspecified atom stereocenters. The van der Waals surface area contributed by atoms with Crippen LogP contribution in [0.3, 0.4) is 0 Å². The number of carbonyl (C=O) groups excluding carboxylic acids is 2. The molecule has 0 saturated heterocycles. The van der Waals surface area contributed by atoms with Gasteiger partial charge in [-0.3, -0.25) is 0 Å². The molecule has 164 valence electrons. The highest BCUT2D eigenvalue weighted by Gasteiger charge is 2.26. The van der Waals surface area contributed by atoms with Gasteiger partial charge in [-0.15, -0.1) is 0 Å². The normalized spacial score (nSPS) is 12.8. The van der Waals surface area contributed by atoms with Crippen LogP contribution in [0, 0.1) is 0 Å². The average Bonchev–Trinajstić information content (AvgIpc) is 3.19. The van der Waals surface area contributed by atoms with Gasteiger partial charge in [0.25, 0.3) is 0 Å². The van der Waals surface area contributed by atoms with E-state index in [4.69, 9.17) is 9.47 Å². The standard InChI is InChI=1S/C25H30N2O4/c1-3-4-10-18(2)31-24(28)23(15-20-16-26-22-14-9-8-13-21(20)22)27-25(29)30-17-19-11-6-5-7-12-19/h5-9,11-14,16,18,23,26H,3-4,10,15,17H2,1-2H3,(H,27,29)/t18-,23-/m0/s1. The number of ether oxygens (including phenoxy) is 2. The molecule has 6 nitrogen and oxygen atoms in total. The Morgan fingerprint density at radius 3 is 2.58 bits per heavy atom. The highest BCUT2D eigenvalue weighted by molar-refractivity contribution is 5.86. The summed E-state index contributed by atoms with van der Waals surface area (Å²) in [6, 6.07) is 16.4. The quantitative estimate of drug-likeness (QED) is 0.444. The van der Waals surface area contributed by atoms with Gasteiger partial charge in [0.2, 0.25) is 0 Å². The third-order valence-electron chi connectivity index (χ3n) is 5.17. The number of amides is 1. The van der Waals surface area contributed by atoms with Crippen LogP contribution >= 0.6 is 0 Å². The summed E-state index contributed by atoms with van der Waals surface area (Å²) in [7, 11) is 0. The van der Waals surface area contributed by atoms with Crippen LogP contribution in [0.25, 0.3) is 10.9 Å². The number of rotatable bonds is 10. The molecule has 1 aromatic heterocycles. The second kappa shape index (κ2) is 11.2. The molecular formula is C25H30N2O4. The molecule has 0 aliphatic rings. The topological polar surface area (TPSA) is 80.4 Å². The lowest BCUT2D eigenvalue weighted by Gasteiger charge is -2.20. The first kappa shape index (κ1) is 22.4. The van der Waals surface area contributed by atoms with Gasteiger partial charge in [0, 0.05) is 23.5 Å². The summed E-state index contributed by atoms with van der Waals surface area (Å²) in [5, 5.41) is 3.71. The van der Waals surface area contributed by atoms with E-state index in [1.54, 1.807) is 0 Å². The third kappa shape index (κ3) is 6.60. The molecule has 0 aliphatic carbocycles. The van der Waals surface area contributed by atoms with Crippen LogP contribution < -0.4 is 5.32 Å². The number of unbranched alkanes of at least 4 members (excludes halogenated alkanes) is 1. The molecule has 3 aromatic rings.